The van der Waals surface area contributed by atoms with Crippen molar-refractivity contribution < 1.29 is 9.59 Å². The minimum absolute atomic E-state index is 0.0647. The molecule has 0 spiro atoms. The Kier molecular flexibility index (Phi) is 8.69. The van der Waals surface area contributed by atoms with E-state index in [1.807, 2.05) is 30.3 Å². The van der Waals surface area contributed by atoms with E-state index in [0.29, 0.717) is 23.7 Å². The molecule has 6 heteroatoms. The molecule has 2 N–H and O–H groups in total. The van der Waals surface area contributed by atoms with Crippen molar-refractivity contribution in [3.8, 4) is 0 Å². The van der Waals surface area contributed by atoms with E-state index in [9.17, 15) is 9.59 Å². The Labute approximate surface area is 225 Å². The third-order valence-electron chi connectivity index (χ3n) is 7.98. The molecule has 6 nitrogen and oxygen atoms in total. The third kappa shape index (κ3) is 6.80. The van der Waals surface area contributed by atoms with Crippen LogP contribution in [0.2, 0.25) is 0 Å². The van der Waals surface area contributed by atoms with Crippen LogP contribution in [0.1, 0.15) is 66.4 Å². The first kappa shape index (κ1) is 26.0. The summed E-state index contributed by atoms with van der Waals surface area (Å²) in [7, 11) is 0. The summed E-state index contributed by atoms with van der Waals surface area (Å²) in [4.78, 5) is 32.8. The maximum Gasteiger partial charge on any atom is 0.253 e. The summed E-state index contributed by atoms with van der Waals surface area (Å²) < 4.78 is 0. The molecule has 5 rings (SSSR count). The summed E-state index contributed by atoms with van der Waals surface area (Å²) in [5.74, 6) is 0.644. The van der Waals surface area contributed by atoms with Gasteiger partial charge in [-0.15, -0.1) is 0 Å². The van der Waals surface area contributed by atoms with Gasteiger partial charge in [-0.25, -0.2) is 0 Å². The van der Waals surface area contributed by atoms with E-state index in [-0.39, 0.29) is 17.7 Å². The number of rotatable bonds is 8. The maximum atomic E-state index is 13.5. The van der Waals surface area contributed by atoms with Crippen molar-refractivity contribution in [1.82, 2.24) is 10.3 Å². The molecule has 38 heavy (non-hydrogen) atoms. The fourth-order valence-electron chi connectivity index (χ4n) is 5.79. The van der Waals surface area contributed by atoms with E-state index in [0.717, 1.165) is 69.3 Å². The summed E-state index contributed by atoms with van der Waals surface area (Å²) >= 11 is 0. The number of pyridine rings is 1. The lowest BCUT2D eigenvalue weighted by molar-refractivity contribution is -0.120. The highest BCUT2D eigenvalue weighted by molar-refractivity contribution is 6.02. The first-order valence-electron chi connectivity index (χ1n) is 14.1. The Bertz CT molecular complexity index is 1200. The first-order valence-corrected chi connectivity index (χ1v) is 14.1. The SMILES string of the molecule is O=C(NCc1cccnc1)c1cc(NC(=O)C2CCCCC2)ccc1N1CCC(Cc2ccccc2)CC1. The second-order valence-corrected chi connectivity index (χ2v) is 10.7. The van der Waals surface area contributed by atoms with Crippen molar-refractivity contribution in [2.24, 2.45) is 11.8 Å². The fraction of sp³-hybridized carbons (Fsp3) is 0.406. The molecule has 1 saturated carbocycles. The normalized spacial score (nSPS) is 16.7. The Morgan fingerprint density at radius 2 is 1.63 bits per heavy atom. The van der Waals surface area contributed by atoms with E-state index in [1.54, 1.807) is 12.4 Å². The summed E-state index contributed by atoms with van der Waals surface area (Å²) in [5, 5.41) is 6.16. The predicted octanol–water partition coefficient (Wildman–Crippen LogP) is 5.99. The molecule has 2 heterocycles. The predicted molar refractivity (Wildman–Crippen MR) is 152 cm³/mol. The molecule has 2 aliphatic rings. The zero-order valence-electron chi connectivity index (χ0n) is 22.1. The van der Waals surface area contributed by atoms with Crippen LogP contribution in [0.5, 0.6) is 0 Å². The largest absolute Gasteiger partial charge is 0.371 e. The highest BCUT2D eigenvalue weighted by atomic mass is 16.2. The molecule has 3 aromatic rings. The van der Waals surface area contributed by atoms with Crippen LogP contribution < -0.4 is 15.5 Å². The van der Waals surface area contributed by atoms with E-state index in [1.165, 1.54) is 12.0 Å². The molecule has 1 aliphatic heterocycles. The molecule has 1 saturated heterocycles. The maximum absolute atomic E-state index is 13.5. The second-order valence-electron chi connectivity index (χ2n) is 10.7. The van der Waals surface area contributed by atoms with E-state index in [4.69, 9.17) is 0 Å². The van der Waals surface area contributed by atoms with Gasteiger partial charge in [-0.05, 0) is 73.4 Å². The molecule has 2 fully saturated rings. The molecular weight excluding hydrogens is 472 g/mol. The number of benzene rings is 2. The van der Waals surface area contributed by atoms with Gasteiger partial charge in [-0.3, -0.25) is 14.6 Å². The van der Waals surface area contributed by atoms with Crippen molar-refractivity contribution in [3.05, 3.63) is 89.7 Å². The Morgan fingerprint density at radius 1 is 0.868 bits per heavy atom. The van der Waals surface area contributed by atoms with Crippen molar-refractivity contribution in [2.45, 2.75) is 57.9 Å². The van der Waals surface area contributed by atoms with E-state index >= 15 is 0 Å². The van der Waals surface area contributed by atoms with Crippen LogP contribution in [0.4, 0.5) is 11.4 Å². The average molecular weight is 511 g/mol. The van der Waals surface area contributed by atoms with Crippen LogP contribution in [0, 0.1) is 11.8 Å². The van der Waals surface area contributed by atoms with Crippen LogP contribution in [0.25, 0.3) is 0 Å². The lowest BCUT2D eigenvalue weighted by Gasteiger charge is -2.35. The van der Waals surface area contributed by atoms with Crippen molar-refractivity contribution in [3.63, 3.8) is 0 Å². The second kappa shape index (κ2) is 12.7. The highest BCUT2D eigenvalue weighted by Gasteiger charge is 2.25. The Morgan fingerprint density at radius 3 is 2.37 bits per heavy atom. The molecule has 198 valence electrons. The number of hydrogen-bond donors (Lipinski definition) is 2. The third-order valence-corrected chi connectivity index (χ3v) is 7.98. The van der Waals surface area contributed by atoms with Crippen LogP contribution in [0.3, 0.4) is 0 Å². The number of nitrogens with zero attached hydrogens (tertiary/aromatic N) is 2. The number of piperidine rings is 1. The standard InChI is InChI=1S/C32H38N4O2/c37-31(27-11-5-2-6-12-27)35-28-13-14-30(29(21-28)32(38)34-23-26-10-7-17-33-22-26)36-18-15-25(16-19-36)20-24-8-3-1-4-9-24/h1,3-4,7-10,13-14,17,21-22,25,27H,2,5-6,11-12,15-16,18-20,23H2,(H,34,38)(H,35,37). The summed E-state index contributed by atoms with van der Waals surface area (Å²) in [6, 6.07) is 20.3. The number of anilines is 2. The molecular formula is C32H38N4O2. The summed E-state index contributed by atoms with van der Waals surface area (Å²) in [5.41, 5.74) is 4.57. The van der Waals surface area contributed by atoms with Gasteiger partial charge in [0.25, 0.3) is 5.91 Å². The van der Waals surface area contributed by atoms with E-state index in [2.05, 4.69) is 50.8 Å². The van der Waals surface area contributed by atoms with Gasteiger partial charge in [-0.1, -0.05) is 55.7 Å². The van der Waals surface area contributed by atoms with Gasteiger partial charge >= 0.3 is 0 Å². The van der Waals surface area contributed by atoms with Gasteiger partial charge in [0.2, 0.25) is 5.91 Å². The first-order chi connectivity index (χ1) is 18.7. The Hall–Kier alpha value is -3.67. The van der Waals surface area contributed by atoms with Gasteiger partial charge in [-0.2, -0.15) is 0 Å². The lowest BCUT2D eigenvalue weighted by atomic mass is 9.88. The molecule has 0 radical (unpaired) electrons. The van der Waals surface area contributed by atoms with Crippen LogP contribution >= 0.6 is 0 Å². The number of nitrogens with one attached hydrogen (secondary N) is 2. The van der Waals surface area contributed by atoms with Crippen LogP contribution in [-0.2, 0) is 17.8 Å². The van der Waals surface area contributed by atoms with Gasteiger partial charge in [0.1, 0.15) is 0 Å². The van der Waals surface area contributed by atoms with Gasteiger partial charge in [0, 0.05) is 49.3 Å². The summed E-state index contributed by atoms with van der Waals surface area (Å²) in [6.07, 6.45) is 12.1. The highest BCUT2D eigenvalue weighted by Crippen LogP contribution is 2.31. The van der Waals surface area contributed by atoms with Gasteiger partial charge in [0.15, 0.2) is 0 Å². The summed E-state index contributed by atoms with van der Waals surface area (Å²) in [6.45, 7) is 2.23. The van der Waals surface area contributed by atoms with Crippen molar-refractivity contribution in [1.29, 1.82) is 0 Å². The molecule has 1 aromatic heterocycles. The van der Waals surface area contributed by atoms with Crippen molar-refractivity contribution in [2.75, 3.05) is 23.3 Å². The topological polar surface area (TPSA) is 74.3 Å². The molecule has 1 aliphatic carbocycles. The monoisotopic (exact) mass is 510 g/mol. The minimum Gasteiger partial charge on any atom is -0.371 e. The van der Waals surface area contributed by atoms with Crippen molar-refractivity contribution >= 4 is 23.2 Å². The van der Waals surface area contributed by atoms with Crippen LogP contribution in [-0.4, -0.2) is 29.9 Å². The number of carbonyl (C=O) groups is 2. The molecule has 2 aromatic carbocycles. The number of amides is 2. The molecule has 0 unspecified atom stereocenters. The quantitative estimate of drug-likeness (QED) is 0.390. The lowest BCUT2D eigenvalue weighted by Crippen LogP contribution is -2.36. The molecule has 2 amide bonds. The zero-order valence-corrected chi connectivity index (χ0v) is 22.1. The number of hydrogen-bond acceptors (Lipinski definition) is 4. The van der Waals surface area contributed by atoms with Gasteiger partial charge in [0.05, 0.1) is 5.56 Å². The zero-order chi connectivity index (χ0) is 26.2. The molecule has 0 bridgehead atoms. The van der Waals surface area contributed by atoms with Gasteiger partial charge < -0.3 is 15.5 Å². The van der Waals surface area contributed by atoms with E-state index < -0.39 is 0 Å². The molecule has 0 atom stereocenters. The Balaban J connectivity index is 1.30. The fourth-order valence-corrected chi connectivity index (χ4v) is 5.79. The average Bonchev–Trinajstić information content (AvgIpc) is 2.98. The smallest absolute Gasteiger partial charge is 0.253 e. The van der Waals surface area contributed by atoms with Crippen LogP contribution in [0.15, 0.2) is 73.1 Å². The number of carbonyl (C=O) groups excluding carboxylic acids is 2. The number of aromatic nitrogens is 1. The minimum atomic E-state index is -0.135.